The van der Waals surface area contributed by atoms with Gasteiger partial charge in [0.05, 0.1) is 22.9 Å². The van der Waals surface area contributed by atoms with Crippen LogP contribution in [0.3, 0.4) is 0 Å². The molecule has 4 amide bonds. The second kappa shape index (κ2) is 15.0. The van der Waals surface area contributed by atoms with Crippen molar-refractivity contribution >= 4 is 56.5 Å². The highest BCUT2D eigenvalue weighted by Gasteiger charge is 2.38. The third kappa shape index (κ3) is 7.96. The number of hydrogen-bond donors (Lipinski definition) is 3. The van der Waals surface area contributed by atoms with E-state index in [9.17, 15) is 27.6 Å². The highest BCUT2D eigenvalue weighted by Crippen LogP contribution is 2.39. The van der Waals surface area contributed by atoms with Crippen LogP contribution in [-0.2, 0) is 28.6 Å². The van der Waals surface area contributed by atoms with Crippen molar-refractivity contribution in [3.05, 3.63) is 44.1 Å². The number of carbonyl (C=O) groups excluding carboxylic acids is 3. The minimum atomic E-state index is -4.66. The van der Waals surface area contributed by atoms with Crippen LogP contribution in [0.25, 0.3) is 0 Å². The van der Waals surface area contributed by atoms with Crippen molar-refractivity contribution in [1.82, 2.24) is 20.0 Å². The molecule has 3 saturated heterocycles. The smallest absolute Gasteiger partial charge is 0.397 e. The molecule has 1 aromatic carbocycles. The van der Waals surface area contributed by atoms with E-state index in [1.807, 2.05) is 15.2 Å². The summed E-state index contributed by atoms with van der Waals surface area (Å²) >= 11 is 4.74. The van der Waals surface area contributed by atoms with Crippen LogP contribution in [0.1, 0.15) is 61.6 Å². The Labute approximate surface area is 291 Å². The molecule has 3 fully saturated rings. The van der Waals surface area contributed by atoms with Crippen LogP contribution in [0.2, 0.25) is 0 Å². The summed E-state index contributed by atoms with van der Waals surface area (Å²) in [6.45, 7) is 4.72. The van der Waals surface area contributed by atoms with Gasteiger partial charge in [-0.15, -0.1) is 11.3 Å². The van der Waals surface area contributed by atoms with Gasteiger partial charge in [0.25, 0.3) is 0 Å². The lowest BCUT2D eigenvalue weighted by Crippen LogP contribution is -2.50. The molecule has 0 unspecified atom stereocenters. The number of amides is 4. The number of halogens is 4. The number of nitrogens with one attached hydrogen (secondary N) is 2. The summed E-state index contributed by atoms with van der Waals surface area (Å²) in [6.07, 6.45) is 1.32. The van der Waals surface area contributed by atoms with Gasteiger partial charge in [-0.25, -0.2) is 4.79 Å². The van der Waals surface area contributed by atoms with Gasteiger partial charge in [0.2, 0.25) is 11.8 Å². The minimum Gasteiger partial charge on any atom is -0.397 e. The van der Waals surface area contributed by atoms with Crippen LogP contribution in [-0.4, -0.2) is 84.4 Å². The Morgan fingerprint density at radius 1 is 0.958 bits per heavy atom. The first kappa shape index (κ1) is 35.0. The Morgan fingerprint density at radius 3 is 2.31 bits per heavy atom. The number of thiophene rings is 1. The third-order valence-electron chi connectivity index (χ3n) is 10.8. The Bertz CT molecular complexity index is 1480. The van der Waals surface area contributed by atoms with Crippen LogP contribution in [0.4, 0.5) is 29.3 Å². The van der Waals surface area contributed by atoms with E-state index in [4.69, 9.17) is 5.73 Å². The van der Waals surface area contributed by atoms with Crippen molar-refractivity contribution in [1.29, 1.82) is 0 Å². The fourth-order valence-electron chi connectivity index (χ4n) is 7.99. The molecule has 0 aliphatic carbocycles. The quantitative estimate of drug-likeness (QED) is 0.302. The maximum absolute atomic E-state index is 14.1. The molecule has 5 heterocycles. The Balaban J connectivity index is 1.12. The van der Waals surface area contributed by atoms with Crippen LogP contribution in [0.5, 0.6) is 0 Å². The van der Waals surface area contributed by atoms with Crippen molar-refractivity contribution in [3.8, 4) is 0 Å². The minimum absolute atomic E-state index is 0.00480. The number of nitrogens with zero attached hydrogens (tertiary/aromatic N) is 3. The number of hydrogen-bond acceptors (Lipinski definition) is 6. The lowest BCUT2D eigenvalue weighted by atomic mass is 9.79. The van der Waals surface area contributed by atoms with E-state index in [2.05, 4.69) is 31.9 Å². The standard InChI is InChI=1S/C34H44BrF3N6O3S/c35-28-17-21(16-27(31(28)39)34(36,37)38)15-25(32(46)43-10-3-23(4-11-43)22-1-8-40-9-2-22)18-30(45)42-12-6-26(7-13-42)44-14-5-24-19-48-20-29(24)41-33(44)47/h16-17,19-20,22-23,25-26,40H,1-15,18,39H2,(H,41,47)/t25-/m0/s1. The van der Waals surface area contributed by atoms with Gasteiger partial charge in [-0.05, 0) is 121 Å². The third-order valence-corrected chi connectivity index (χ3v) is 12.2. The largest absolute Gasteiger partial charge is 0.418 e. The highest BCUT2D eigenvalue weighted by atomic mass is 79.9. The molecule has 0 saturated carbocycles. The number of rotatable bonds is 7. The summed E-state index contributed by atoms with van der Waals surface area (Å²) in [6, 6.07) is 2.40. The fraction of sp³-hybridized carbons (Fsp3) is 0.618. The lowest BCUT2D eigenvalue weighted by Gasteiger charge is -2.40. The van der Waals surface area contributed by atoms with Gasteiger partial charge in [0.1, 0.15) is 0 Å². The Hall–Kier alpha value is -2.84. The van der Waals surface area contributed by atoms with Crippen molar-refractivity contribution in [2.24, 2.45) is 17.8 Å². The molecule has 4 aliphatic heterocycles. The molecule has 1 aromatic heterocycles. The molecule has 1 atom stereocenters. The zero-order valence-corrected chi connectivity index (χ0v) is 29.4. The number of piperidine rings is 3. The zero-order chi connectivity index (χ0) is 34.0. The van der Waals surface area contributed by atoms with Gasteiger partial charge >= 0.3 is 12.2 Å². The summed E-state index contributed by atoms with van der Waals surface area (Å²) in [4.78, 5) is 46.2. The fourth-order valence-corrected chi connectivity index (χ4v) is 9.33. The van der Waals surface area contributed by atoms with Gasteiger partial charge in [0.15, 0.2) is 0 Å². The number of urea groups is 1. The van der Waals surface area contributed by atoms with Crippen molar-refractivity contribution in [2.45, 2.75) is 70.0 Å². The van der Waals surface area contributed by atoms with E-state index < -0.39 is 23.3 Å². The van der Waals surface area contributed by atoms with E-state index >= 15 is 0 Å². The average molecular weight is 754 g/mol. The normalized spacial score (nSPS) is 21.1. The van der Waals surface area contributed by atoms with E-state index in [0.29, 0.717) is 63.0 Å². The Kier molecular flexibility index (Phi) is 10.9. The predicted molar refractivity (Wildman–Crippen MR) is 184 cm³/mol. The molecule has 9 nitrogen and oxygen atoms in total. The van der Waals surface area contributed by atoms with Crippen molar-refractivity contribution in [2.75, 3.05) is 56.9 Å². The van der Waals surface area contributed by atoms with Crippen LogP contribution >= 0.6 is 27.3 Å². The second-order valence-electron chi connectivity index (χ2n) is 13.7. The number of carbonyl (C=O) groups is 3. The Morgan fingerprint density at radius 2 is 1.62 bits per heavy atom. The topological polar surface area (TPSA) is 111 Å². The molecule has 0 bridgehead atoms. The van der Waals surface area contributed by atoms with E-state index in [1.54, 1.807) is 16.2 Å². The van der Waals surface area contributed by atoms with Gasteiger partial charge in [0, 0.05) is 55.0 Å². The predicted octanol–water partition coefficient (Wildman–Crippen LogP) is 5.98. The molecule has 4 N–H and O–H groups in total. The van der Waals surface area contributed by atoms with E-state index in [0.717, 1.165) is 62.5 Å². The molecule has 4 aliphatic rings. The molecule has 2 aromatic rings. The first-order valence-electron chi connectivity index (χ1n) is 17.0. The van der Waals surface area contributed by atoms with E-state index in [1.165, 1.54) is 6.07 Å². The molecule has 0 spiro atoms. The number of nitrogens with two attached hydrogens (primary N) is 1. The number of alkyl halides is 3. The van der Waals surface area contributed by atoms with Crippen molar-refractivity contribution in [3.63, 3.8) is 0 Å². The molecular weight excluding hydrogens is 709 g/mol. The number of benzene rings is 1. The summed E-state index contributed by atoms with van der Waals surface area (Å²) in [5.74, 6) is 0.0155. The summed E-state index contributed by atoms with van der Waals surface area (Å²) in [7, 11) is 0. The first-order valence-corrected chi connectivity index (χ1v) is 18.8. The number of fused-ring (bicyclic) bond motifs is 1. The number of anilines is 2. The van der Waals surface area contributed by atoms with Gasteiger partial charge in [-0.1, -0.05) is 0 Å². The summed E-state index contributed by atoms with van der Waals surface area (Å²) in [5.41, 5.74) is 6.70. The van der Waals surface area contributed by atoms with E-state index in [-0.39, 0.29) is 41.2 Å². The molecule has 14 heteroatoms. The molecular formula is C34H44BrF3N6O3S. The average Bonchev–Trinajstić information content (AvgIpc) is 3.45. The second-order valence-corrected chi connectivity index (χ2v) is 15.3. The highest BCUT2D eigenvalue weighted by molar-refractivity contribution is 9.10. The SMILES string of the molecule is Nc1c(Br)cc(C[C@@H](CC(=O)N2CCC(N3CCc4cscc4NC3=O)CC2)C(=O)N2CCC(C3CCNCC3)CC2)cc1C(F)(F)F. The monoisotopic (exact) mass is 752 g/mol. The van der Waals surface area contributed by atoms with Gasteiger partial charge < -0.3 is 31.1 Å². The van der Waals surface area contributed by atoms with Gasteiger partial charge in [-0.2, -0.15) is 13.2 Å². The lowest BCUT2D eigenvalue weighted by molar-refractivity contribution is -0.143. The molecule has 262 valence electrons. The molecule has 6 rings (SSSR count). The molecule has 48 heavy (non-hydrogen) atoms. The van der Waals surface area contributed by atoms with Crippen LogP contribution in [0.15, 0.2) is 27.4 Å². The summed E-state index contributed by atoms with van der Waals surface area (Å²) in [5, 5.41) is 10.4. The maximum atomic E-state index is 14.1. The number of nitrogen functional groups attached to an aromatic ring is 1. The van der Waals surface area contributed by atoms with Crippen molar-refractivity contribution < 1.29 is 27.6 Å². The van der Waals surface area contributed by atoms with Crippen LogP contribution in [0, 0.1) is 17.8 Å². The van der Waals surface area contributed by atoms with Crippen LogP contribution < -0.4 is 16.4 Å². The number of likely N-dealkylation sites (tertiary alicyclic amines) is 2. The zero-order valence-electron chi connectivity index (χ0n) is 27.0. The summed E-state index contributed by atoms with van der Waals surface area (Å²) < 4.78 is 41.6. The molecule has 0 radical (unpaired) electrons. The maximum Gasteiger partial charge on any atom is 0.418 e. The van der Waals surface area contributed by atoms with Gasteiger partial charge in [-0.3, -0.25) is 9.59 Å². The first-order chi connectivity index (χ1) is 23.0.